The Kier molecular flexibility index (Phi) is 3.09. The Labute approximate surface area is 112 Å². The van der Waals surface area contributed by atoms with Gasteiger partial charge in [-0.3, -0.25) is 5.32 Å². The zero-order valence-corrected chi connectivity index (χ0v) is 10.9. The predicted molar refractivity (Wildman–Crippen MR) is 69.3 cm³/mol. The second-order valence-corrected chi connectivity index (χ2v) is 5.18. The van der Waals surface area contributed by atoms with Crippen LogP contribution in [0, 0.1) is 11.3 Å². The van der Waals surface area contributed by atoms with Crippen molar-refractivity contribution in [3.8, 4) is 6.07 Å². The highest BCUT2D eigenvalue weighted by Gasteiger charge is 2.35. The Bertz CT molecular complexity index is 520. The van der Waals surface area contributed by atoms with Gasteiger partial charge in [-0.2, -0.15) is 5.26 Å². The molecule has 1 aromatic heterocycles. The maximum absolute atomic E-state index is 9.20. The summed E-state index contributed by atoms with van der Waals surface area (Å²) < 4.78 is 5.33. The Balaban J connectivity index is 1.78. The van der Waals surface area contributed by atoms with Crippen LogP contribution in [0.4, 0.5) is 5.95 Å². The lowest BCUT2D eigenvalue weighted by Crippen LogP contribution is -2.31. The summed E-state index contributed by atoms with van der Waals surface area (Å²) in [6, 6.07) is 2.65. The number of anilines is 1. The van der Waals surface area contributed by atoms with E-state index >= 15 is 0 Å². The van der Waals surface area contributed by atoms with Gasteiger partial charge in [0.2, 0.25) is 5.95 Å². The molecular formula is C13H17N5O. The third-order valence-electron chi connectivity index (χ3n) is 3.79. The molecule has 1 atom stereocenters. The zero-order chi connectivity index (χ0) is 13.3. The number of nitrogens with one attached hydrogen (secondary N) is 2. The molecule has 1 saturated heterocycles. The Hall–Kier alpha value is -1.71. The summed E-state index contributed by atoms with van der Waals surface area (Å²) in [4.78, 5) is 8.85. The van der Waals surface area contributed by atoms with Crippen molar-refractivity contribution in [2.75, 3.05) is 18.5 Å². The van der Waals surface area contributed by atoms with Crippen LogP contribution in [-0.4, -0.2) is 29.2 Å². The maximum Gasteiger partial charge on any atom is 0.223 e. The van der Waals surface area contributed by atoms with Crippen molar-refractivity contribution >= 4 is 5.95 Å². The molecule has 19 heavy (non-hydrogen) atoms. The average molecular weight is 259 g/mol. The van der Waals surface area contributed by atoms with E-state index in [0.29, 0.717) is 18.5 Å². The first kappa shape index (κ1) is 12.3. The van der Waals surface area contributed by atoms with Crippen LogP contribution in [0.2, 0.25) is 0 Å². The molecule has 100 valence electrons. The molecule has 2 N–H and O–H groups in total. The van der Waals surface area contributed by atoms with Crippen LogP contribution in [-0.2, 0) is 16.8 Å². The second-order valence-electron chi connectivity index (χ2n) is 5.18. The van der Waals surface area contributed by atoms with E-state index in [-0.39, 0.29) is 0 Å². The molecule has 2 aliphatic rings. The molecule has 3 heterocycles. The van der Waals surface area contributed by atoms with Crippen molar-refractivity contribution in [2.45, 2.75) is 37.9 Å². The third kappa shape index (κ3) is 2.27. The van der Waals surface area contributed by atoms with Crippen molar-refractivity contribution in [2.24, 2.45) is 0 Å². The van der Waals surface area contributed by atoms with Gasteiger partial charge in [-0.1, -0.05) is 0 Å². The number of fused-ring (bicyclic) bond motifs is 1. The zero-order valence-electron chi connectivity index (χ0n) is 10.9. The van der Waals surface area contributed by atoms with Crippen LogP contribution in [0.3, 0.4) is 0 Å². The number of hydrogen-bond acceptors (Lipinski definition) is 6. The Morgan fingerprint density at radius 3 is 3.05 bits per heavy atom. The summed E-state index contributed by atoms with van der Waals surface area (Å²) in [7, 11) is 0. The highest BCUT2D eigenvalue weighted by Crippen LogP contribution is 2.29. The van der Waals surface area contributed by atoms with Gasteiger partial charge in [-0.05, 0) is 19.8 Å². The molecule has 0 radical (unpaired) electrons. The largest absolute Gasteiger partial charge is 0.381 e. The van der Waals surface area contributed by atoms with Gasteiger partial charge in [-0.25, -0.2) is 9.97 Å². The fourth-order valence-corrected chi connectivity index (χ4v) is 2.52. The number of nitriles is 1. The summed E-state index contributed by atoms with van der Waals surface area (Å²) in [6.45, 7) is 4.05. The quantitative estimate of drug-likeness (QED) is 0.821. The highest BCUT2D eigenvalue weighted by molar-refractivity contribution is 5.40. The smallest absolute Gasteiger partial charge is 0.223 e. The van der Waals surface area contributed by atoms with Crippen LogP contribution < -0.4 is 10.6 Å². The maximum atomic E-state index is 9.20. The van der Waals surface area contributed by atoms with Crippen molar-refractivity contribution in [1.29, 1.82) is 5.26 Å². The van der Waals surface area contributed by atoms with Crippen LogP contribution in [0.15, 0.2) is 6.20 Å². The first-order valence-corrected chi connectivity index (χ1v) is 6.58. The molecule has 0 saturated carbocycles. The van der Waals surface area contributed by atoms with E-state index in [2.05, 4.69) is 26.7 Å². The predicted octanol–water partition coefficient (Wildman–Crippen LogP) is 0.909. The molecule has 1 aromatic rings. The van der Waals surface area contributed by atoms with Gasteiger partial charge in [0.25, 0.3) is 0 Å². The molecule has 1 unspecified atom stereocenters. The lowest BCUT2D eigenvalue weighted by atomic mass is 9.98. The second kappa shape index (κ2) is 4.76. The van der Waals surface area contributed by atoms with Crippen molar-refractivity contribution in [3.63, 3.8) is 0 Å². The molecule has 6 heteroatoms. The first-order chi connectivity index (χ1) is 9.21. The van der Waals surface area contributed by atoms with E-state index in [4.69, 9.17) is 4.74 Å². The molecule has 0 bridgehead atoms. The van der Waals surface area contributed by atoms with Gasteiger partial charge in [-0.15, -0.1) is 0 Å². The van der Waals surface area contributed by atoms with Gasteiger partial charge < -0.3 is 10.1 Å². The summed E-state index contributed by atoms with van der Waals surface area (Å²) in [5.74, 6) is 0.648. The van der Waals surface area contributed by atoms with Gasteiger partial charge >= 0.3 is 0 Å². The lowest BCUT2D eigenvalue weighted by molar-refractivity contribution is 0.0903. The molecule has 0 aliphatic carbocycles. The summed E-state index contributed by atoms with van der Waals surface area (Å²) in [5.41, 5.74) is 1.13. The van der Waals surface area contributed by atoms with E-state index in [1.807, 2.05) is 6.92 Å². The molecule has 3 rings (SSSR count). The van der Waals surface area contributed by atoms with E-state index < -0.39 is 5.54 Å². The number of aromatic nitrogens is 2. The first-order valence-electron chi connectivity index (χ1n) is 6.58. The van der Waals surface area contributed by atoms with E-state index in [1.54, 1.807) is 6.20 Å². The van der Waals surface area contributed by atoms with Crippen molar-refractivity contribution in [1.82, 2.24) is 15.3 Å². The molecule has 1 fully saturated rings. The lowest BCUT2D eigenvalue weighted by Gasteiger charge is -2.23. The number of rotatable bonds is 2. The normalized spacial score (nSPS) is 26.7. The van der Waals surface area contributed by atoms with Gasteiger partial charge in [0, 0.05) is 37.6 Å². The monoisotopic (exact) mass is 259 g/mol. The minimum Gasteiger partial charge on any atom is -0.381 e. The van der Waals surface area contributed by atoms with Gasteiger partial charge in [0.15, 0.2) is 0 Å². The van der Waals surface area contributed by atoms with E-state index in [1.165, 1.54) is 0 Å². The summed E-state index contributed by atoms with van der Waals surface area (Å²) >= 11 is 0. The van der Waals surface area contributed by atoms with Crippen molar-refractivity contribution < 1.29 is 4.74 Å². The minimum atomic E-state index is -0.660. The SMILES string of the molecule is CC1(C#N)NCc2nc(NC3CCOCC3)ncc21. The molecule has 2 aliphatic heterocycles. The number of ether oxygens (including phenoxy) is 1. The third-order valence-corrected chi connectivity index (χ3v) is 3.79. The summed E-state index contributed by atoms with van der Waals surface area (Å²) in [6.07, 6.45) is 3.72. The van der Waals surface area contributed by atoms with Crippen LogP contribution >= 0.6 is 0 Å². The van der Waals surface area contributed by atoms with E-state index in [0.717, 1.165) is 37.3 Å². The Morgan fingerprint density at radius 2 is 2.32 bits per heavy atom. The molecule has 0 spiro atoms. The Morgan fingerprint density at radius 1 is 1.53 bits per heavy atom. The van der Waals surface area contributed by atoms with Crippen LogP contribution in [0.25, 0.3) is 0 Å². The molecule has 0 aromatic carbocycles. The number of nitrogens with zero attached hydrogens (tertiary/aromatic N) is 3. The standard InChI is InChI=1S/C13H17N5O/c1-13(8-14)10-6-15-12(18-11(10)7-16-13)17-9-2-4-19-5-3-9/h6,9,16H,2-5,7H2,1H3,(H,15,17,18). The minimum absolute atomic E-state index is 0.378. The average Bonchev–Trinajstić information content (AvgIpc) is 2.78. The van der Waals surface area contributed by atoms with Crippen LogP contribution in [0.1, 0.15) is 31.0 Å². The van der Waals surface area contributed by atoms with Crippen LogP contribution in [0.5, 0.6) is 0 Å². The topological polar surface area (TPSA) is 82.9 Å². The number of hydrogen-bond donors (Lipinski definition) is 2. The highest BCUT2D eigenvalue weighted by atomic mass is 16.5. The van der Waals surface area contributed by atoms with Gasteiger partial charge in [0.05, 0.1) is 11.8 Å². The van der Waals surface area contributed by atoms with E-state index in [9.17, 15) is 5.26 Å². The summed E-state index contributed by atoms with van der Waals surface area (Å²) in [5, 5.41) is 15.7. The fraction of sp³-hybridized carbons (Fsp3) is 0.615. The van der Waals surface area contributed by atoms with Crippen molar-refractivity contribution in [3.05, 3.63) is 17.5 Å². The fourth-order valence-electron chi connectivity index (χ4n) is 2.52. The molecule has 0 amide bonds. The molecule has 6 nitrogen and oxygen atoms in total. The molecular weight excluding hydrogens is 242 g/mol. The van der Waals surface area contributed by atoms with Gasteiger partial charge in [0.1, 0.15) is 5.54 Å².